The Kier molecular flexibility index (Phi) is 15.1. The molecular formula is C16H38N4. The molecule has 0 fully saturated rings. The topological polar surface area (TPSA) is 39.3 Å². The summed E-state index contributed by atoms with van der Waals surface area (Å²) >= 11 is 0. The number of hydrogen-bond acceptors (Lipinski definition) is 4. The van der Waals surface area contributed by atoms with Crippen LogP contribution in [0.1, 0.15) is 47.0 Å². The lowest BCUT2D eigenvalue weighted by molar-refractivity contribution is 0.230. The minimum atomic E-state index is 0.673. The third kappa shape index (κ3) is 12.9. The van der Waals surface area contributed by atoms with Gasteiger partial charge in [-0.05, 0) is 85.5 Å². The van der Waals surface area contributed by atoms with E-state index < -0.39 is 0 Å². The summed E-state index contributed by atoms with van der Waals surface area (Å²) in [5.74, 6) is 0. The SMILES string of the molecule is CCNCCCNCCCNCCCN(CC)C(C)C. The van der Waals surface area contributed by atoms with E-state index in [1.807, 2.05) is 0 Å². The standard InChI is InChI=1S/C16H38N4/c1-5-17-10-7-11-18-12-8-13-19-14-9-15-20(6-2)16(3)4/h16-19H,5-15H2,1-4H3. The van der Waals surface area contributed by atoms with E-state index in [0.717, 1.165) is 45.8 Å². The van der Waals surface area contributed by atoms with Gasteiger partial charge in [-0.25, -0.2) is 0 Å². The fraction of sp³-hybridized carbons (Fsp3) is 1.00. The van der Waals surface area contributed by atoms with Crippen molar-refractivity contribution in [1.29, 1.82) is 0 Å². The molecule has 0 aliphatic carbocycles. The first-order valence-electron chi connectivity index (χ1n) is 8.58. The second-order valence-corrected chi connectivity index (χ2v) is 5.64. The maximum absolute atomic E-state index is 3.54. The highest BCUT2D eigenvalue weighted by Gasteiger charge is 2.04. The predicted molar refractivity (Wildman–Crippen MR) is 90.5 cm³/mol. The highest BCUT2D eigenvalue weighted by Crippen LogP contribution is 1.97. The van der Waals surface area contributed by atoms with Gasteiger partial charge in [0.15, 0.2) is 0 Å². The van der Waals surface area contributed by atoms with Crippen LogP contribution in [0, 0.1) is 0 Å². The van der Waals surface area contributed by atoms with E-state index in [1.165, 1.54) is 25.8 Å². The molecule has 122 valence electrons. The summed E-state index contributed by atoms with van der Waals surface area (Å²) in [4.78, 5) is 2.52. The Morgan fingerprint density at radius 1 is 0.750 bits per heavy atom. The highest BCUT2D eigenvalue weighted by atomic mass is 15.1. The third-order valence-corrected chi connectivity index (χ3v) is 3.60. The minimum Gasteiger partial charge on any atom is -0.317 e. The van der Waals surface area contributed by atoms with Gasteiger partial charge >= 0.3 is 0 Å². The Morgan fingerprint density at radius 3 is 1.70 bits per heavy atom. The van der Waals surface area contributed by atoms with Crippen molar-refractivity contribution < 1.29 is 0 Å². The van der Waals surface area contributed by atoms with Crippen LogP contribution < -0.4 is 16.0 Å². The van der Waals surface area contributed by atoms with Gasteiger partial charge < -0.3 is 20.9 Å². The molecule has 0 radical (unpaired) electrons. The molecule has 4 heteroatoms. The second kappa shape index (κ2) is 15.2. The molecule has 0 aliphatic heterocycles. The fourth-order valence-electron chi connectivity index (χ4n) is 2.29. The average molecular weight is 287 g/mol. The van der Waals surface area contributed by atoms with Gasteiger partial charge in [-0.15, -0.1) is 0 Å². The van der Waals surface area contributed by atoms with Crippen molar-refractivity contribution in [2.24, 2.45) is 0 Å². The molecule has 0 aliphatic rings. The van der Waals surface area contributed by atoms with Crippen molar-refractivity contribution in [3.05, 3.63) is 0 Å². The molecule has 0 aromatic rings. The van der Waals surface area contributed by atoms with Gasteiger partial charge in [-0.1, -0.05) is 13.8 Å². The van der Waals surface area contributed by atoms with Crippen LogP contribution in [0.3, 0.4) is 0 Å². The van der Waals surface area contributed by atoms with Gasteiger partial charge in [-0.2, -0.15) is 0 Å². The quantitative estimate of drug-likeness (QED) is 0.401. The Morgan fingerprint density at radius 2 is 1.25 bits per heavy atom. The molecule has 0 saturated heterocycles. The van der Waals surface area contributed by atoms with Crippen LogP contribution in [0.5, 0.6) is 0 Å². The number of nitrogens with zero attached hydrogens (tertiary/aromatic N) is 1. The molecule has 4 nitrogen and oxygen atoms in total. The summed E-state index contributed by atoms with van der Waals surface area (Å²) < 4.78 is 0. The Hall–Kier alpha value is -0.160. The summed E-state index contributed by atoms with van der Waals surface area (Å²) in [6, 6.07) is 0.673. The van der Waals surface area contributed by atoms with E-state index in [9.17, 15) is 0 Å². The first-order valence-corrected chi connectivity index (χ1v) is 8.58. The van der Waals surface area contributed by atoms with Crippen molar-refractivity contribution in [2.75, 3.05) is 52.4 Å². The van der Waals surface area contributed by atoms with Crippen LogP contribution >= 0.6 is 0 Å². The Labute approximate surface area is 127 Å². The average Bonchev–Trinajstić information content (AvgIpc) is 2.43. The maximum Gasteiger partial charge on any atom is 0.00384 e. The first-order chi connectivity index (χ1) is 9.72. The molecule has 0 bridgehead atoms. The van der Waals surface area contributed by atoms with E-state index in [1.54, 1.807) is 0 Å². The summed E-state index contributed by atoms with van der Waals surface area (Å²) in [5, 5.41) is 10.4. The summed E-state index contributed by atoms with van der Waals surface area (Å²) in [6.45, 7) is 18.1. The largest absolute Gasteiger partial charge is 0.317 e. The molecular weight excluding hydrogens is 248 g/mol. The maximum atomic E-state index is 3.54. The van der Waals surface area contributed by atoms with Gasteiger partial charge in [0.2, 0.25) is 0 Å². The summed E-state index contributed by atoms with van der Waals surface area (Å²) in [6.07, 6.45) is 3.70. The van der Waals surface area contributed by atoms with Crippen molar-refractivity contribution in [3.8, 4) is 0 Å². The van der Waals surface area contributed by atoms with Crippen molar-refractivity contribution >= 4 is 0 Å². The zero-order valence-electron chi connectivity index (χ0n) is 14.3. The van der Waals surface area contributed by atoms with Crippen molar-refractivity contribution in [1.82, 2.24) is 20.9 Å². The van der Waals surface area contributed by atoms with Gasteiger partial charge in [0.25, 0.3) is 0 Å². The van der Waals surface area contributed by atoms with E-state index in [2.05, 4.69) is 48.5 Å². The van der Waals surface area contributed by atoms with Crippen molar-refractivity contribution in [3.63, 3.8) is 0 Å². The normalized spacial score (nSPS) is 11.7. The van der Waals surface area contributed by atoms with Crippen LogP contribution in [0.2, 0.25) is 0 Å². The summed E-state index contributed by atoms with van der Waals surface area (Å²) in [7, 11) is 0. The monoisotopic (exact) mass is 286 g/mol. The van der Waals surface area contributed by atoms with E-state index in [0.29, 0.717) is 6.04 Å². The predicted octanol–water partition coefficient (Wildman–Crippen LogP) is 1.68. The van der Waals surface area contributed by atoms with Crippen LogP contribution in [0.15, 0.2) is 0 Å². The van der Waals surface area contributed by atoms with Crippen LogP contribution in [0.25, 0.3) is 0 Å². The zero-order valence-corrected chi connectivity index (χ0v) is 14.3. The van der Waals surface area contributed by atoms with Gasteiger partial charge in [0.05, 0.1) is 0 Å². The number of hydrogen-bond donors (Lipinski definition) is 3. The molecule has 0 atom stereocenters. The molecule has 0 aromatic heterocycles. The van der Waals surface area contributed by atoms with Crippen LogP contribution in [-0.4, -0.2) is 63.3 Å². The third-order valence-electron chi connectivity index (χ3n) is 3.60. The first kappa shape index (κ1) is 19.8. The smallest absolute Gasteiger partial charge is 0.00384 e. The van der Waals surface area contributed by atoms with Crippen LogP contribution in [-0.2, 0) is 0 Å². The van der Waals surface area contributed by atoms with Gasteiger partial charge in [-0.3, -0.25) is 0 Å². The molecule has 0 saturated carbocycles. The zero-order chi connectivity index (χ0) is 15.1. The molecule has 3 N–H and O–H groups in total. The molecule has 20 heavy (non-hydrogen) atoms. The van der Waals surface area contributed by atoms with Crippen molar-refractivity contribution in [2.45, 2.75) is 53.0 Å². The van der Waals surface area contributed by atoms with Gasteiger partial charge in [0.1, 0.15) is 0 Å². The summed E-state index contributed by atoms with van der Waals surface area (Å²) in [5.41, 5.74) is 0. The van der Waals surface area contributed by atoms with E-state index >= 15 is 0 Å². The Balaban J connectivity index is 3.13. The number of nitrogens with one attached hydrogen (secondary N) is 3. The van der Waals surface area contributed by atoms with E-state index in [4.69, 9.17) is 0 Å². The fourth-order valence-corrected chi connectivity index (χ4v) is 2.29. The van der Waals surface area contributed by atoms with E-state index in [-0.39, 0.29) is 0 Å². The minimum absolute atomic E-state index is 0.673. The second-order valence-electron chi connectivity index (χ2n) is 5.64. The Bertz CT molecular complexity index is 185. The highest BCUT2D eigenvalue weighted by molar-refractivity contribution is 4.61. The number of rotatable bonds is 15. The molecule has 0 aromatic carbocycles. The molecule has 0 rings (SSSR count). The van der Waals surface area contributed by atoms with Gasteiger partial charge in [0, 0.05) is 6.04 Å². The lowest BCUT2D eigenvalue weighted by Gasteiger charge is -2.24. The molecule has 0 unspecified atom stereocenters. The molecule has 0 amide bonds. The lowest BCUT2D eigenvalue weighted by Crippen LogP contribution is -2.33. The molecule has 0 spiro atoms. The van der Waals surface area contributed by atoms with Crippen LogP contribution in [0.4, 0.5) is 0 Å². The molecule has 0 heterocycles. The lowest BCUT2D eigenvalue weighted by atomic mass is 10.3.